The normalized spacial score (nSPS) is 10.7. The van der Waals surface area contributed by atoms with Crippen LogP contribution in [0.2, 0.25) is 0 Å². The molecule has 2 heterocycles. The molecule has 0 atom stereocenters. The molecule has 0 N–H and O–H groups in total. The Hall–Kier alpha value is -2.44. The Morgan fingerprint density at radius 3 is 2.37 bits per heavy atom. The largest absolute Gasteiger partial charge is 0.332 e. The van der Waals surface area contributed by atoms with Crippen LogP contribution in [0.1, 0.15) is 44.8 Å². The minimum atomic E-state index is -0.0570. The summed E-state index contributed by atoms with van der Waals surface area (Å²) < 4.78 is 0. The molecule has 3 aromatic rings. The number of benzene rings is 1. The summed E-state index contributed by atoms with van der Waals surface area (Å²) in [6.07, 6.45) is 1.86. The third kappa shape index (κ3) is 6.28. The molecular formula is C24H28N2O2S2. The Bertz CT molecular complexity index is 935. The van der Waals surface area contributed by atoms with Crippen molar-refractivity contribution in [3.63, 3.8) is 0 Å². The van der Waals surface area contributed by atoms with Gasteiger partial charge in [-0.3, -0.25) is 9.59 Å². The molecule has 0 aliphatic carbocycles. The molecule has 30 heavy (non-hydrogen) atoms. The van der Waals surface area contributed by atoms with Gasteiger partial charge < -0.3 is 9.80 Å². The predicted molar refractivity (Wildman–Crippen MR) is 125 cm³/mol. The van der Waals surface area contributed by atoms with Gasteiger partial charge in [0.25, 0.3) is 5.91 Å². The van der Waals surface area contributed by atoms with Crippen molar-refractivity contribution in [3.05, 3.63) is 80.2 Å². The highest BCUT2D eigenvalue weighted by molar-refractivity contribution is 7.12. The minimum absolute atomic E-state index is 0.0223. The third-order valence-corrected chi connectivity index (χ3v) is 6.68. The van der Waals surface area contributed by atoms with Gasteiger partial charge in [0.15, 0.2) is 0 Å². The zero-order chi connectivity index (χ0) is 21.3. The zero-order valence-electron chi connectivity index (χ0n) is 17.5. The van der Waals surface area contributed by atoms with E-state index in [1.807, 2.05) is 52.7 Å². The van der Waals surface area contributed by atoms with Crippen LogP contribution < -0.4 is 0 Å². The number of carbonyl (C=O) groups is 2. The summed E-state index contributed by atoms with van der Waals surface area (Å²) in [4.78, 5) is 32.9. The predicted octanol–water partition coefficient (Wildman–Crippen LogP) is 5.59. The second-order valence-corrected chi connectivity index (χ2v) is 9.63. The van der Waals surface area contributed by atoms with Crippen LogP contribution in [0.15, 0.2) is 60.0 Å². The first kappa shape index (κ1) is 22.2. The lowest BCUT2D eigenvalue weighted by Gasteiger charge is -2.27. The molecule has 0 bridgehead atoms. The molecule has 2 aromatic heterocycles. The van der Waals surface area contributed by atoms with Gasteiger partial charge in [0, 0.05) is 22.8 Å². The average molecular weight is 441 g/mol. The molecule has 0 unspecified atom stereocenters. The van der Waals surface area contributed by atoms with E-state index in [9.17, 15) is 9.59 Å². The van der Waals surface area contributed by atoms with Crippen LogP contribution in [-0.2, 0) is 17.9 Å². The van der Waals surface area contributed by atoms with E-state index in [4.69, 9.17) is 0 Å². The van der Waals surface area contributed by atoms with Crippen LogP contribution in [0.5, 0.6) is 0 Å². The van der Waals surface area contributed by atoms with Crippen LogP contribution in [0, 0.1) is 6.92 Å². The fraction of sp³-hybridized carbons (Fsp3) is 0.333. The van der Waals surface area contributed by atoms with Crippen molar-refractivity contribution >= 4 is 34.5 Å². The molecule has 6 heteroatoms. The van der Waals surface area contributed by atoms with Gasteiger partial charge in [-0.1, -0.05) is 49.7 Å². The Kier molecular flexibility index (Phi) is 8.22. The third-order valence-electron chi connectivity index (χ3n) is 4.84. The molecule has 158 valence electrons. The molecule has 0 saturated carbocycles. The molecule has 0 saturated heterocycles. The highest BCUT2D eigenvalue weighted by Crippen LogP contribution is 2.20. The first-order chi connectivity index (χ1) is 14.6. The van der Waals surface area contributed by atoms with E-state index >= 15 is 0 Å². The summed E-state index contributed by atoms with van der Waals surface area (Å²) in [5.41, 5.74) is 1.09. The Balaban J connectivity index is 1.77. The van der Waals surface area contributed by atoms with E-state index in [0.717, 1.165) is 23.3 Å². The van der Waals surface area contributed by atoms with E-state index in [1.54, 1.807) is 16.2 Å². The second kappa shape index (κ2) is 11.1. The van der Waals surface area contributed by atoms with Crippen LogP contribution in [0.25, 0.3) is 0 Å². The standard InChI is InChI=1S/C24H28N2O2S2/c1-3-4-14-25(24(28)22-11-8-15-29-22)18-23(27)26(16-20-9-6-5-7-10-20)17-21-13-12-19(2)30-21/h5-13,15H,3-4,14,16-18H2,1-2H3. The summed E-state index contributed by atoms with van der Waals surface area (Å²) in [6.45, 7) is 5.96. The Morgan fingerprint density at radius 1 is 0.933 bits per heavy atom. The Morgan fingerprint density at radius 2 is 1.73 bits per heavy atom. The minimum Gasteiger partial charge on any atom is -0.332 e. The number of hydrogen-bond acceptors (Lipinski definition) is 4. The maximum Gasteiger partial charge on any atom is 0.264 e. The SMILES string of the molecule is CCCCN(CC(=O)N(Cc1ccccc1)Cc1ccc(C)s1)C(=O)c1cccs1. The molecule has 0 aliphatic heterocycles. The van der Waals surface area contributed by atoms with E-state index in [1.165, 1.54) is 16.2 Å². The van der Waals surface area contributed by atoms with Gasteiger partial charge in [0.2, 0.25) is 5.91 Å². The molecule has 4 nitrogen and oxygen atoms in total. The molecule has 0 spiro atoms. The maximum atomic E-state index is 13.3. The molecular weight excluding hydrogens is 412 g/mol. The Labute approximate surface area is 186 Å². The topological polar surface area (TPSA) is 40.6 Å². The number of aryl methyl sites for hydroxylation is 1. The van der Waals surface area contributed by atoms with Crippen molar-refractivity contribution < 1.29 is 9.59 Å². The first-order valence-electron chi connectivity index (χ1n) is 10.3. The average Bonchev–Trinajstić information content (AvgIpc) is 3.43. The van der Waals surface area contributed by atoms with Gasteiger partial charge in [0.05, 0.1) is 11.4 Å². The van der Waals surface area contributed by atoms with Crippen molar-refractivity contribution in [2.75, 3.05) is 13.1 Å². The maximum absolute atomic E-state index is 13.3. The fourth-order valence-electron chi connectivity index (χ4n) is 3.22. The second-order valence-electron chi connectivity index (χ2n) is 7.31. The molecule has 3 rings (SSSR count). The van der Waals surface area contributed by atoms with Gasteiger partial charge in [-0.2, -0.15) is 0 Å². The summed E-state index contributed by atoms with van der Waals surface area (Å²) in [7, 11) is 0. The van der Waals surface area contributed by atoms with Crippen molar-refractivity contribution in [1.29, 1.82) is 0 Å². The summed E-state index contributed by atoms with van der Waals surface area (Å²) in [6, 6.07) is 17.9. The fourth-order valence-corrected chi connectivity index (χ4v) is 4.81. The summed E-state index contributed by atoms with van der Waals surface area (Å²) in [5.74, 6) is -0.0793. The molecule has 0 radical (unpaired) electrons. The van der Waals surface area contributed by atoms with Crippen LogP contribution in [-0.4, -0.2) is 34.7 Å². The number of nitrogens with zero attached hydrogens (tertiary/aromatic N) is 2. The van der Waals surface area contributed by atoms with Crippen LogP contribution in [0.3, 0.4) is 0 Å². The van der Waals surface area contributed by atoms with Crippen LogP contribution in [0.4, 0.5) is 0 Å². The highest BCUT2D eigenvalue weighted by Gasteiger charge is 2.23. The van der Waals surface area contributed by atoms with Gasteiger partial charge in [-0.05, 0) is 42.5 Å². The summed E-state index contributed by atoms with van der Waals surface area (Å²) >= 11 is 3.13. The molecule has 2 amide bonds. The van der Waals surface area contributed by atoms with Gasteiger partial charge >= 0.3 is 0 Å². The van der Waals surface area contributed by atoms with Crippen molar-refractivity contribution in [1.82, 2.24) is 9.80 Å². The zero-order valence-corrected chi connectivity index (χ0v) is 19.2. The smallest absolute Gasteiger partial charge is 0.264 e. The van der Waals surface area contributed by atoms with Gasteiger partial charge in [-0.15, -0.1) is 22.7 Å². The molecule has 1 aromatic carbocycles. The van der Waals surface area contributed by atoms with E-state index in [0.29, 0.717) is 24.5 Å². The number of amides is 2. The number of thiophene rings is 2. The lowest BCUT2D eigenvalue weighted by molar-refractivity contribution is -0.133. The first-order valence-corrected chi connectivity index (χ1v) is 12.0. The van der Waals surface area contributed by atoms with E-state index in [2.05, 4.69) is 26.0 Å². The summed E-state index contributed by atoms with van der Waals surface area (Å²) in [5, 5.41) is 1.90. The van der Waals surface area contributed by atoms with Crippen molar-refractivity contribution in [3.8, 4) is 0 Å². The number of unbranched alkanes of at least 4 members (excludes halogenated alkanes) is 1. The van der Waals surface area contributed by atoms with Crippen molar-refractivity contribution in [2.45, 2.75) is 39.8 Å². The highest BCUT2D eigenvalue weighted by atomic mass is 32.1. The van der Waals surface area contributed by atoms with Crippen molar-refractivity contribution in [2.24, 2.45) is 0 Å². The number of hydrogen-bond donors (Lipinski definition) is 0. The molecule has 0 fully saturated rings. The van der Waals surface area contributed by atoms with Gasteiger partial charge in [-0.25, -0.2) is 0 Å². The quantitative estimate of drug-likeness (QED) is 0.412. The monoisotopic (exact) mass is 440 g/mol. The number of carbonyl (C=O) groups excluding carboxylic acids is 2. The van der Waals surface area contributed by atoms with E-state index < -0.39 is 0 Å². The van der Waals surface area contributed by atoms with Gasteiger partial charge in [0.1, 0.15) is 6.54 Å². The lowest BCUT2D eigenvalue weighted by Crippen LogP contribution is -2.42. The molecule has 0 aliphatic rings. The number of rotatable bonds is 10. The van der Waals surface area contributed by atoms with E-state index in [-0.39, 0.29) is 18.4 Å². The lowest BCUT2D eigenvalue weighted by atomic mass is 10.2. The van der Waals surface area contributed by atoms with Crippen LogP contribution >= 0.6 is 22.7 Å².